The summed E-state index contributed by atoms with van der Waals surface area (Å²) in [5.74, 6) is -0.0564. The van der Waals surface area contributed by atoms with Gasteiger partial charge >= 0.3 is 0 Å². The molecule has 0 heterocycles. The van der Waals surface area contributed by atoms with Gasteiger partial charge in [-0.25, -0.2) is 0 Å². The molecule has 19 heavy (non-hydrogen) atoms. The molecule has 1 aromatic rings. The SMILES string of the molecule is CC1=CC(=O)[C@@H]([C@H](O)c2ccccc2)C(C)(C)C1C. The molecule has 0 saturated carbocycles. The molecule has 2 nitrogen and oxygen atoms in total. The van der Waals surface area contributed by atoms with Crippen molar-refractivity contribution in [1.29, 1.82) is 0 Å². The summed E-state index contributed by atoms with van der Waals surface area (Å²) < 4.78 is 0. The molecule has 1 aromatic carbocycles. The Morgan fingerprint density at radius 1 is 1.21 bits per heavy atom. The molecule has 0 radical (unpaired) electrons. The lowest BCUT2D eigenvalue weighted by Crippen LogP contribution is -2.43. The highest BCUT2D eigenvalue weighted by molar-refractivity contribution is 5.94. The van der Waals surface area contributed by atoms with E-state index in [-0.39, 0.29) is 23.0 Å². The maximum Gasteiger partial charge on any atom is 0.162 e. The number of aliphatic hydroxyl groups excluding tert-OH is 1. The minimum atomic E-state index is -0.740. The third kappa shape index (κ3) is 2.37. The quantitative estimate of drug-likeness (QED) is 0.881. The molecule has 2 heteroatoms. The first kappa shape index (κ1) is 14.0. The normalized spacial score (nSPS) is 27.8. The van der Waals surface area contributed by atoms with Crippen LogP contribution in [0.15, 0.2) is 42.0 Å². The number of rotatable bonds is 2. The lowest BCUT2D eigenvalue weighted by molar-refractivity contribution is -0.130. The number of allylic oxidation sites excluding steroid dienone is 2. The third-order valence-corrected chi connectivity index (χ3v) is 4.73. The van der Waals surface area contributed by atoms with E-state index in [4.69, 9.17) is 0 Å². The van der Waals surface area contributed by atoms with Gasteiger partial charge in [-0.05, 0) is 29.9 Å². The number of carbonyl (C=O) groups is 1. The summed E-state index contributed by atoms with van der Waals surface area (Å²) in [4.78, 5) is 12.3. The summed E-state index contributed by atoms with van der Waals surface area (Å²) in [7, 11) is 0. The molecule has 2 rings (SSSR count). The number of benzene rings is 1. The Balaban J connectivity index is 2.41. The first-order valence-electron chi connectivity index (χ1n) is 6.80. The summed E-state index contributed by atoms with van der Waals surface area (Å²) >= 11 is 0. The summed E-state index contributed by atoms with van der Waals surface area (Å²) in [6.07, 6.45) is 0.961. The molecule has 0 amide bonds. The number of hydrogen-bond donors (Lipinski definition) is 1. The second kappa shape index (κ2) is 4.93. The van der Waals surface area contributed by atoms with Crippen LogP contribution in [0.2, 0.25) is 0 Å². The van der Waals surface area contributed by atoms with Crippen molar-refractivity contribution in [2.24, 2.45) is 17.3 Å². The maximum atomic E-state index is 12.3. The fourth-order valence-electron chi connectivity index (χ4n) is 3.07. The van der Waals surface area contributed by atoms with E-state index in [1.807, 2.05) is 37.3 Å². The summed E-state index contributed by atoms with van der Waals surface area (Å²) in [6.45, 7) is 8.27. The van der Waals surface area contributed by atoms with Crippen molar-refractivity contribution in [3.8, 4) is 0 Å². The second-order valence-corrected chi connectivity index (χ2v) is 6.17. The molecule has 3 atom stereocenters. The first-order chi connectivity index (χ1) is 8.85. The Morgan fingerprint density at radius 2 is 1.79 bits per heavy atom. The number of hydrogen-bond acceptors (Lipinski definition) is 2. The van der Waals surface area contributed by atoms with E-state index in [0.717, 1.165) is 11.1 Å². The van der Waals surface area contributed by atoms with Crippen LogP contribution in [0.1, 0.15) is 39.4 Å². The van der Waals surface area contributed by atoms with Crippen LogP contribution in [0, 0.1) is 17.3 Å². The fourth-order valence-corrected chi connectivity index (χ4v) is 3.07. The molecular weight excluding hydrogens is 236 g/mol. The van der Waals surface area contributed by atoms with Crippen molar-refractivity contribution in [1.82, 2.24) is 0 Å². The van der Waals surface area contributed by atoms with Gasteiger partial charge in [-0.3, -0.25) is 4.79 Å². The minimum Gasteiger partial charge on any atom is -0.388 e. The van der Waals surface area contributed by atoms with E-state index in [2.05, 4.69) is 20.8 Å². The summed E-state index contributed by atoms with van der Waals surface area (Å²) in [5.41, 5.74) is 1.67. The number of ketones is 1. The lowest BCUT2D eigenvalue weighted by Gasteiger charge is -2.44. The smallest absolute Gasteiger partial charge is 0.162 e. The summed E-state index contributed by atoms with van der Waals surface area (Å²) in [5, 5.41) is 10.6. The van der Waals surface area contributed by atoms with Gasteiger partial charge in [-0.15, -0.1) is 0 Å². The van der Waals surface area contributed by atoms with Crippen LogP contribution in [0.5, 0.6) is 0 Å². The Labute approximate surface area is 115 Å². The van der Waals surface area contributed by atoms with Gasteiger partial charge in [-0.1, -0.05) is 56.7 Å². The number of aliphatic hydroxyl groups is 1. The zero-order valence-electron chi connectivity index (χ0n) is 12.1. The Morgan fingerprint density at radius 3 is 2.37 bits per heavy atom. The lowest BCUT2D eigenvalue weighted by atomic mass is 9.60. The van der Waals surface area contributed by atoms with Crippen LogP contribution in [-0.2, 0) is 4.79 Å². The standard InChI is InChI=1S/C17H22O2/c1-11-10-14(18)15(17(3,4)12(11)2)16(19)13-8-6-5-7-9-13/h5-10,12,15-16,19H,1-4H3/t12?,15-,16+/m0/s1. The van der Waals surface area contributed by atoms with E-state index in [1.165, 1.54) is 0 Å². The maximum absolute atomic E-state index is 12.3. The van der Waals surface area contributed by atoms with Crippen molar-refractivity contribution >= 4 is 5.78 Å². The van der Waals surface area contributed by atoms with E-state index in [1.54, 1.807) is 6.08 Å². The van der Waals surface area contributed by atoms with E-state index >= 15 is 0 Å². The molecule has 0 saturated heterocycles. The van der Waals surface area contributed by atoms with Crippen LogP contribution in [0.25, 0.3) is 0 Å². The molecule has 0 aromatic heterocycles. The van der Waals surface area contributed by atoms with Crippen LogP contribution in [0.4, 0.5) is 0 Å². The molecule has 0 aliphatic heterocycles. The van der Waals surface area contributed by atoms with Gasteiger partial charge in [0.05, 0.1) is 12.0 Å². The van der Waals surface area contributed by atoms with E-state index in [0.29, 0.717) is 0 Å². The van der Waals surface area contributed by atoms with Gasteiger partial charge in [0.15, 0.2) is 5.78 Å². The van der Waals surface area contributed by atoms with E-state index < -0.39 is 6.10 Å². The minimum absolute atomic E-state index is 0.0388. The third-order valence-electron chi connectivity index (χ3n) is 4.73. The second-order valence-electron chi connectivity index (χ2n) is 6.17. The zero-order chi connectivity index (χ0) is 14.2. The topological polar surface area (TPSA) is 37.3 Å². The van der Waals surface area contributed by atoms with Crippen molar-refractivity contribution in [2.75, 3.05) is 0 Å². The van der Waals surface area contributed by atoms with Crippen LogP contribution in [0.3, 0.4) is 0 Å². The van der Waals surface area contributed by atoms with Gasteiger partial charge in [-0.2, -0.15) is 0 Å². The monoisotopic (exact) mass is 258 g/mol. The predicted molar refractivity (Wildman–Crippen MR) is 76.6 cm³/mol. The van der Waals surface area contributed by atoms with Crippen molar-refractivity contribution < 1.29 is 9.90 Å². The van der Waals surface area contributed by atoms with E-state index in [9.17, 15) is 9.90 Å². The first-order valence-corrected chi connectivity index (χ1v) is 6.80. The number of carbonyl (C=O) groups excluding carboxylic acids is 1. The Bertz CT molecular complexity index is 499. The van der Waals surface area contributed by atoms with Gasteiger partial charge in [0.2, 0.25) is 0 Å². The van der Waals surface area contributed by atoms with Crippen LogP contribution >= 0.6 is 0 Å². The average Bonchev–Trinajstić information content (AvgIpc) is 2.37. The Kier molecular flexibility index (Phi) is 3.64. The van der Waals surface area contributed by atoms with Crippen molar-refractivity contribution in [3.63, 3.8) is 0 Å². The molecule has 1 N–H and O–H groups in total. The molecule has 0 spiro atoms. The van der Waals surface area contributed by atoms with Gasteiger partial charge < -0.3 is 5.11 Å². The molecule has 1 aliphatic rings. The highest BCUT2D eigenvalue weighted by Gasteiger charge is 2.46. The molecule has 102 valence electrons. The zero-order valence-corrected chi connectivity index (χ0v) is 12.1. The average molecular weight is 258 g/mol. The molecule has 1 unspecified atom stereocenters. The van der Waals surface area contributed by atoms with Gasteiger partial charge in [0, 0.05) is 0 Å². The molecule has 0 fully saturated rings. The summed E-state index contributed by atoms with van der Waals surface area (Å²) in [6, 6.07) is 9.46. The van der Waals surface area contributed by atoms with Crippen molar-refractivity contribution in [2.45, 2.75) is 33.8 Å². The predicted octanol–water partition coefficient (Wildman–Crippen LogP) is 3.53. The van der Waals surface area contributed by atoms with Gasteiger partial charge in [0.25, 0.3) is 0 Å². The highest BCUT2D eigenvalue weighted by atomic mass is 16.3. The highest BCUT2D eigenvalue weighted by Crippen LogP contribution is 2.48. The largest absolute Gasteiger partial charge is 0.388 e. The Hall–Kier alpha value is -1.41. The molecule has 0 bridgehead atoms. The van der Waals surface area contributed by atoms with Crippen molar-refractivity contribution in [3.05, 3.63) is 47.5 Å². The van der Waals surface area contributed by atoms with Crippen LogP contribution in [-0.4, -0.2) is 10.9 Å². The molecule has 1 aliphatic carbocycles. The fraction of sp³-hybridized carbons (Fsp3) is 0.471. The molecular formula is C17H22O2. The van der Waals surface area contributed by atoms with Gasteiger partial charge in [0.1, 0.15) is 0 Å². The van der Waals surface area contributed by atoms with Crippen LogP contribution < -0.4 is 0 Å².